The molecule has 1 aliphatic rings. The van der Waals surface area contributed by atoms with Gasteiger partial charge in [0.05, 0.1) is 12.7 Å². The first kappa shape index (κ1) is 33.4. The smallest absolute Gasteiger partial charge is 0.726 e. The Bertz CT molecular complexity index is 1390. The normalized spacial score (nSPS) is 21.6. The van der Waals surface area contributed by atoms with Crippen molar-refractivity contribution >= 4 is 20.8 Å². The Morgan fingerprint density at radius 1 is 0.763 bits per heavy atom. The van der Waals surface area contributed by atoms with Crippen LogP contribution in [0.3, 0.4) is 0 Å². The zero-order valence-electron chi connectivity index (χ0n) is 20.8. The van der Waals surface area contributed by atoms with E-state index < -0.39 is 45.0 Å². The second-order valence-corrected chi connectivity index (χ2v) is 10.2. The minimum atomic E-state index is -5.36. The standard InChI is InChI=1S/C24H25NO9S2.2Na/c26-35(27,28)33-22-20(13-17-7-3-1-4-8-17)14-21(19-11-12-25-15-19)23(24(22)34-36(29,30)31)32-16-18-9-5-2-6-10-18;;/h1-12,14-15,21-25H,13,16H2,(H,26,27,28)(H,29,30,31);;/q;2*+1/p-2/t21-,22-,23-,24-;;/m1../s1. The number of hydrogen-bond acceptors (Lipinski definition) is 9. The van der Waals surface area contributed by atoms with Gasteiger partial charge in [-0.25, -0.2) is 16.8 Å². The van der Waals surface area contributed by atoms with Crippen molar-refractivity contribution in [3.8, 4) is 0 Å². The Hall–Kier alpha value is -0.840. The van der Waals surface area contributed by atoms with Gasteiger partial charge in [0.2, 0.25) is 20.8 Å². The average molecular weight is 580 g/mol. The summed E-state index contributed by atoms with van der Waals surface area (Å²) in [5.41, 5.74) is 2.39. The molecule has 0 bridgehead atoms. The number of H-pyrrole nitrogens is 1. The Morgan fingerprint density at radius 2 is 1.34 bits per heavy atom. The number of benzene rings is 2. The van der Waals surface area contributed by atoms with Gasteiger partial charge in [-0.2, -0.15) is 0 Å². The van der Waals surface area contributed by atoms with E-state index in [0.29, 0.717) is 5.56 Å². The molecule has 38 heavy (non-hydrogen) atoms. The Morgan fingerprint density at radius 3 is 1.87 bits per heavy atom. The zero-order valence-corrected chi connectivity index (χ0v) is 26.4. The van der Waals surface area contributed by atoms with Gasteiger partial charge < -0.3 is 18.8 Å². The van der Waals surface area contributed by atoms with E-state index in [9.17, 15) is 25.9 Å². The van der Waals surface area contributed by atoms with Gasteiger partial charge in [-0.3, -0.25) is 8.37 Å². The minimum Gasteiger partial charge on any atom is -0.726 e. The molecule has 0 amide bonds. The molecule has 4 atom stereocenters. The van der Waals surface area contributed by atoms with Crippen LogP contribution in [0.5, 0.6) is 0 Å². The summed E-state index contributed by atoms with van der Waals surface area (Å²) >= 11 is 0. The molecule has 0 spiro atoms. The number of hydrogen-bond donors (Lipinski definition) is 1. The topological polar surface area (TPSA) is 158 Å². The SMILES string of the molecule is O=S(=O)([O-])O[C@H]1[C@H](OCc2ccccc2)[C@@H](c2cc[nH]c2)C=C(Cc2ccccc2)[C@H]1OS(=O)(=O)[O-].[Na+].[Na+]. The summed E-state index contributed by atoms with van der Waals surface area (Å²) in [7, 11) is -10.7. The second kappa shape index (κ2) is 14.7. The summed E-state index contributed by atoms with van der Waals surface area (Å²) in [5.74, 6) is -0.667. The van der Waals surface area contributed by atoms with E-state index in [-0.39, 0.29) is 77.7 Å². The minimum absolute atomic E-state index is 0. The van der Waals surface area contributed by atoms with Crippen molar-refractivity contribution in [2.45, 2.75) is 37.3 Å². The molecule has 0 unspecified atom stereocenters. The molecule has 0 saturated carbocycles. The molecule has 3 aromatic rings. The van der Waals surface area contributed by atoms with E-state index >= 15 is 0 Å². The summed E-state index contributed by atoms with van der Waals surface area (Å²) < 4.78 is 85.9. The van der Waals surface area contributed by atoms with Gasteiger partial charge in [-0.05, 0) is 34.8 Å². The van der Waals surface area contributed by atoms with E-state index in [1.165, 1.54) is 0 Å². The van der Waals surface area contributed by atoms with E-state index in [2.05, 4.69) is 4.98 Å². The Balaban J connectivity index is 0.00000253. The number of ether oxygens (including phenoxy) is 1. The van der Waals surface area contributed by atoms with Gasteiger partial charge >= 0.3 is 59.1 Å². The molecule has 4 rings (SSSR count). The van der Waals surface area contributed by atoms with Gasteiger partial charge in [-0.15, -0.1) is 0 Å². The van der Waals surface area contributed by atoms with Crippen molar-refractivity contribution in [2.24, 2.45) is 0 Å². The van der Waals surface area contributed by atoms with Gasteiger partial charge in [0.25, 0.3) is 0 Å². The van der Waals surface area contributed by atoms with Crippen molar-refractivity contribution in [3.05, 3.63) is 107 Å². The molecule has 0 saturated heterocycles. The Kier molecular flexibility index (Phi) is 12.9. The van der Waals surface area contributed by atoms with Crippen molar-refractivity contribution in [1.29, 1.82) is 0 Å². The molecule has 0 radical (unpaired) electrons. The van der Waals surface area contributed by atoms with Crippen LogP contribution >= 0.6 is 0 Å². The molecule has 2 aromatic carbocycles. The third kappa shape index (κ3) is 9.66. The van der Waals surface area contributed by atoms with E-state index in [1.807, 2.05) is 6.07 Å². The van der Waals surface area contributed by atoms with E-state index in [4.69, 9.17) is 13.1 Å². The van der Waals surface area contributed by atoms with E-state index in [1.54, 1.807) is 79.1 Å². The summed E-state index contributed by atoms with van der Waals surface area (Å²) in [6, 6.07) is 19.5. The molecule has 1 aromatic heterocycles. The predicted octanol–water partition coefficient (Wildman–Crippen LogP) is -3.43. The van der Waals surface area contributed by atoms with Crippen LogP contribution in [0.25, 0.3) is 0 Å². The first-order valence-corrected chi connectivity index (χ1v) is 13.6. The van der Waals surface area contributed by atoms with Crippen LogP contribution in [0.1, 0.15) is 22.6 Å². The molecule has 0 fully saturated rings. The molecule has 1 N–H and O–H groups in total. The largest absolute Gasteiger partial charge is 1.00 e. The quantitative estimate of drug-likeness (QED) is 0.112. The fraction of sp³-hybridized carbons (Fsp3) is 0.250. The van der Waals surface area contributed by atoms with Gasteiger partial charge in [-0.1, -0.05) is 66.7 Å². The number of aromatic nitrogens is 1. The molecule has 14 heteroatoms. The maximum Gasteiger partial charge on any atom is 1.00 e. The van der Waals surface area contributed by atoms with Crippen molar-refractivity contribution in [2.75, 3.05) is 0 Å². The number of nitrogens with one attached hydrogen (secondary N) is 1. The van der Waals surface area contributed by atoms with Crippen LogP contribution in [-0.2, 0) is 46.9 Å². The van der Waals surface area contributed by atoms with Crippen LogP contribution in [0, 0.1) is 0 Å². The molecule has 1 heterocycles. The summed E-state index contributed by atoms with van der Waals surface area (Å²) in [6.45, 7) is -0.0100. The van der Waals surface area contributed by atoms with Crippen LogP contribution in [0.4, 0.5) is 0 Å². The first-order chi connectivity index (χ1) is 17.1. The predicted molar refractivity (Wildman–Crippen MR) is 126 cm³/mol. The summed E-state index contributed by atoms with van der Waals surface area (Å²) in [5, 5.41) is 0. The first-order valence-electron chi connectivity index (χ1n) is 10.9. The van der Waals surface area contributed by atoms with E-state index in [0.717, 1.165) is 11.1 Å². The molecular weight excluding hydrogens is 556 g/mol. The molecule has 192 valence electrons. The molecule has 0 aliphatic heterocycles. The summed E-state index contributed by atoms with van der Waals surface area (Å²) in [4.78, 5) is 2.92. The number of rotatable bonds is 10. The molecule has 1 aliphatic carbocycles. The van der Waals surface area contributed by atoms with Gasteiger partial charge in [0.1, 0.15) is 12.2 Å². The van der Waals surface area contributed by atoms with Gasteiger partial charge in [0.15, 0.2) is 0 Å². The van der Waals surface area contributed by atoms with Crippen molar-refractivity contribution < 1.29 is 98.2 Å². The van der Waals surface area contributed by atoms with Crippen molar-refractivity contribution in [1.82, 2.24) is 4.98 Å². The maximum atomic E-state index is 11.7. The summed E-state index contributed by atoms with van der Waals surface area (Å²) in [6.07, 6.45) is 0.408. The number of aromatic amines is 1. The fourth-order valence-corrected chi connectivity index (χ4v) is 5.25. The second-order valence-electron chi connectivity index (χ2n) is 8.23. The maximum absolute atomic E-state index is 11.7. The van der Waals surface area contributed by atoms with Gasteiger partial charge in [0, 0.05) is 18.3 Å². The third-order valence-corrected chi connectivity index (χ3v) is 6.63. The zero-order chi connectivity index (χ0) is 25.8. The third-order valence-electron chi connectivity index (χ3n) is 5.73. The van der Waals surface area contributed by atoms with Crippen LogP contribution < -0.4 is 59.1 Å². The molecular formula is C24H23NNa2O9S2. The van der Waals surface area contributed by atoms with Crippen LogP contribution in [0.15, 0.2) is 90.8 Å². The fourth-order valence-electron chi connectivity index (χ4n) is 4.28. The monoisotopic (exact) mass is 579 g/mol. The van der Waals surface area contributed by atoms with Crippen LogP contribution in [0.2, 0.25) is 0 Å². The van der Waals surface area contributed by atoms with Crippen LogP contribution in [-0.4, -0.2) is 49.2 Å². The van der Waals surface area contributed by atoms with Crippen molar-refractivity contribution in [3.63, 3.8) is 0 Å². The Labute approximate surface area is 266 Å². The molecule has 10 nitrogen and oxygen atoms in total. The average Bonchev–Trinajstić information content (AvgIpc) is 3.35.